The largest absolute Gasteiger partial charge is 0.282 e. The molecule has 0 unspecified atom stereocenters. The van der Waals surface area contributed by atoms with E-state index >= 15 is 0 Å². The molecule has 0 atom stereocenters. The van der Waals surface area contributed by atoms with Gasteiger partial charge in [0.15, 0.2) is 0 Å². The summed E-state index contributed by atoms with van der Waals surface area (Å²) >= 11 is 3.25. The fourth-order valence-electron chi connectivity index (χ4n) is 0.602. The highest BCUT2D eigenvalue weighted by Gasteiger charge is 1.92. The molecule has 0 bridgehead atoms. The Balaban J connectivity index is 2.53. The van der Waals surface area contributed by atoms with Crippen molar-refractivity contribution < 1.29 is 4.79 Å². The average molecular weight is 230 g/mol. The van der Waals surface area contributed by atoms with Crippen molar-refractivity contribution in [3.63, 3.8) is 0 Å². The molecule has 1 aromatic heterocycles. The van der Waals surface area contributed by atoms with Gasteiger partial charge in [-0.3, -0.25) is 15.6 Å². The second kappa shape index (κ2) is 4.06. The third kappa shape index (κ3) is 2.87. The maximum Gasteiger partial charge on any atom is 0.235 e. The summed E-state index contributed by atoms with van der Waals surface area (Å²) in [5, 5.41) is 0. The minimum absolute atomic E-state index is 0.153. The third-order valence-corrected chi connectivity index (χ3v) is 1.56. The predicted octanol–water partition coefficient (Wildman–Crippen LogP) is 1.31. The zero-order chi connectivity index (χ0) is 8.97. The molecule has 12 heavy (non-hydrogen) atoms. The number of halogens is 1. The number of carbonyl (C=O) groups excluding carboxylic acids is 1. The molecular weight excluding hydrogens is 222 g/mol. The Morgan fingerprint density at radius 2 is 2.33 bits per heavy atom. The van der Waals surface area contributed by atoms with Crippen molar-refractivity contribution >= 4 is 27.7 Å². The minimum Gasteiger partial charge on any atom is -0.282 e. The highest BCUT2D eigenvalue weighted by atomic mass is 79.9. The summed E-state index contributed by atoms with van der Waals surface area (Å²) in [7, 11) is 0. The van der Waals surface area contributed by atoms with Gasteiger partial charge in [0.05, 0.1) is 0 Å². The summed E-state index contributed by atoms with van der Waals surface area (Å²) in [6.45, 7) is 1.42. The Hall–Kier alpha value is -1.10. The van der Waals surface area contributed by atoms with E-state index in [1.54, 1.807) is 12.3 Å². The summed E-state index contributed by atoms with van der Waals surface area (Å²) < 4.78 is 0.899. The van der Waals surface area contributed by atoms with Crippen molar-refractivity contribution in [1.29, 1.82) is 0 Å². The molecule has 64 valence electrons. The first-order valence-corrected chi connectivity index (χ1v) is 4.12. The predicted molar refractivity (Wildman–Crippen MR) is 49.4 cm³/mol. The zero-order valence-corrected chi connectivity index (χ0v) is 8.05. The number of carbonyl (C=O) groups is 1. The molecule has 0 aliphatic heterocycles. The summed E-state index contributed by atoms with van der Waals surface area (Å²) in [4.78, 5) is 14.5. The van der Waals surface area contributed by atoms with Gasteiger partial charge in [0, 0.05) is 17.6 Å². The molecule has 0 aromatic carbocycles. The Morgan fingerprint density at radius 1 is 1.58 bits per heavy atom. The molecule has 1 aromatic rings. The second-order valence-corrected chi connectivity index (χ2v) is 3.08. The Morgan fingerprint density at radius 3 is 2.83 bits per heavy atom. The third-order valence-electron chi connectivity index (χ3n) is 1.09. The highest BCUT2D eigenvalue weighted by Crippen LogP contribution is 2.09. The van der Waals surface area contributed by atoms with Crippen molar-refractivity contribution in [3.8, 4) is 0 Å². The van der Waals surface area contributed by atoms with Gasteiger partial charge in [-0.25, -0.2) is 4.98 Å². The monoisotopic (exact) mass is 229 g/mol. The minimum atomic E-state index is -0.153. The lowest BCUT2D eigenvalue weighted by Gasteiger charge is -2.03. The van der Waals surface area contributed by atoms with Crippen molar-refractivity contribution in [2.45, 2.75) is 6.92 Å². The molecule has 5 heteroatoms. The number of pyridine rings is 1. The number of rotatable bonds is 2. The standard InChI is InChI=1S/C7H8BrN3O/c1-5(12)10-11-7-3-2-6(8)4-9-7/h2-4H,1H3,(H,9,11)(H,10,12). The van der Waals surface area contributed by atoms with Crippen molar-refractivity contribution in [1.82, 2.24) is 10.4 Å². The number of nitrogens with one attached hydrogen (secondary N) is 2. The maximum absolute atomic E-state index is 10.5. The molecule has 0 radical (unpaired) electrons. The second-order valence-electron chi connectivity index (χ2n) is 2.17. The summed E-state index contributed by atoms with van der Waals surface area (Å²) in [5.41, 5.74) is 5.05. The molecule has 1 heterocycles. The summed E-state index contributed by atoms with van der Waals surface area (Å²) in [6.07, 6.45) is 1.64. The lowest BCUT2D eigenvalue weighted by Crippen LogP contribution is -2.26. The Bertz CT molecular complexity index is 272. The summed E-state index contributed by atoms with van der Waals surface area (Å²) in [6, 6.07) is 3.58. The maximum atomic E-state index is 10.5. The molecule has 0 saturated heterocycles. The van der Waals surface area contributed by atoms with E-state index < -0.39 is 0 Å². The molecule has 1 rings (SSSR count). The van der Waals surface area contributed by atoms with Crippen LogP contribution >= 0.6 is 15.9 Å². The molecule has 4 nitrogen and oxygen atoms in total. The number of nitrogens with zero attached hydrogens (tertiary/aromatic N) is 1. The van der Waals surface area contributed by atoms with Crippen molar-refractivity contribution in [3.05, 3.63) is 22.8 Å². The molecule has 0 aliphatic carbocycles. The fourth-order valence-corrected chi connectivity index (χ4v) is 0.836. The first-order chi connectivity index (χ1) is 5.68. The number of anilines is 1. The molecule has 0 fully saturated rings. The van der Waals surface area contributed by atoms with E-state index in [9.17, 15) is 4.79 Å². The lowest BCUT2D eigenvalue weighted by molar-refractivity contribution is -0.118. The smallest absolute Gasteiger partial charge is 0.235 e. The Labute approximate surface area is 78.5 Å². The van der Waals surface area contributed by atoms with Gasteiger partial charge in [-0.05, 0) is 28.1 Å². The van der Waals surface area contributed by atoms with Gasteiger partial charge >= 0.3 is 0 Å². The van der Waals surface area contributed by atoms with Gasteiger partial charge in [-0.2, -0.15) is 0 Å². The number of hydrogen-bond donors (Lipinski definition) is 2. The van der Waals surface area contributed by atoms with E-state index in [-0.39, 0.29) is 5.91 Å². The van der Waals surface area contributed by atoms with Crippen LogP contribution < -0.4 is 10.9 Å². The van der Waals surface area contributed by atoms with E-state index in [1.807, 2.05) is 6.07 Å². The van der Waals surface area contributed by atoms with Crippen molar-refractivity contribution in [2.75, 3.05) is 5.43 Å². The van der Waals surface area contributed by atoms with Crippen LogP contribution in [-0.4, -0.2) is 10.9 Å². The molecule has 1 amide bonds. The van der Waals surface area contributed by atoms with E-state index in [4.69, 9.17) is 0 Å². The van der Waals surface area contributed by atoms with Crippen molar-refractivity contribution in [2.24, 2.45) is 0 Å². The normalized spacial score (nSPS) is 9.17. The van der Waals surface area contributed by atoms with Gasteiger partial charge in [0.25, 0.3) is 0 Å². The number of hydrazine groups is 1. The van der Waals surface area contributed by atoms with E-state index in [2.05, 4.69) is 31.8 Å². The van der Waals surface area contributed by atoms with Gasteiger partial charge in [-0.1, -0.05) is 0 Å². The number of aromatic nitrogens is 1. The van der Waals surface area contributed by atoms with E-state index in [0.717, 1.165) is 4.47 Å². The lowest BCUT2D eigenvalue weighted by atomic mass is 10.5. The van der Waals surface area contributed by atoms with Crippen LogP contribution in [0.3, 0.4) is 0 Å². The number of hydrogen-bond acceptors (Lipinski definition) is 3. The molecular formula is C7H8BrN3O. The van der Waals surface area contributed by atoms with E-state index in [1.165, 1.54) is 6.92 Å². The van der Waals surface area contributed by atoms with Crippen LogP contribution in [-0.2, 0) is 4.79 Å². The molecule has 0 aliphatic rings. The van der Waals surface area contributed by atoms with Crippen LogP contribution in [0.2, 0.25) is 0 Å². The topological polar surface area (TPSA) is 54.0 Å². The zero-order valence-electron chi connectivity index (χ0n) is 6.47. The van der Waals surface area contributed by atoms with Gasteiger partial charge in [0.1, 0.15) is 5.82 Å². The fraction of sp³-hybridized carbons (Fsp3) is 0.143. The molecule has 0 saturated carbocycles. The van der Waals surface area contributed by atoms with Crippen LogP contribution in [0.15, 0.2) is 22.8 Å². The first-order valence-electron chi connectivity index (χ1n) is 3.32. The average Bonchev–Trinajstić information content (AvgIpc) is 2.03. The summed E-state index contributed by atoms with van der Waals surface area (Å²) in [5.74, 6) is 0.452. The molecule has 2 N–H and O–H groups in total. The van der Waals surface area contributed by atoms with Gasteiger partial charge < -0.3 is 0 Å². The first kappa shape index (κ1) is 8.99. The molecule has 0 spiro atoms. The van der Waals surface area contributed by atoms with Gasteiger partial charge in [-0.15, -0.1) is 0 Å². The quantitative estimate of drug-likeness (QED) is 0.753. The Kier molecular flexibility index (Phi) is 3.04. The number of amides is 1. The van der Waals surface area contributed by atoms with Crippen LogP contribution in [0, 0.1) is 0 Å². The highest BCUT2D eigenvalue weighted by molar-refractivity contribution is 9.10. The van der Waals surface area contributed by atoms with Crippen LogP contribution in [0.5, 0.6) is 0 Å². The van der Waals surface area contributed by atoms with Crippen LogP contribution in [0.25, 0.3) is 0 Å². The van der Waals surface area contributed by atoms with Gasteiger partial charge in [0.2, 0.25) is 5.91 Å². The SMILES string of the molecule is CC(=O)NNc1ccc(Br)cn1. The van der Waals surface area contributed by atoms with Crippen LogP contribution in [0.4, 0.5) is 5.82 Å². The van der Waals surface area contributed by atoms with Crippen LogP contribution in [0.1, 0.15) is 6.92 Å². The van der Waals surface area contributed by atoms with E-state index in [0.29, 0.717) is 5.82 Å².